The SMILES string of the molecule is CCCCCCCC/C=C\CCCCCCCCCCCNCCCCCCCCCCC/C=C\CCCCCCCC. The van der Waals surface area contributed by atoms with Crippen molar-refractivity contribution < 1.29 is 0 Å². The summed E-state index contributed by atoms with van der Waals surface area (Å²) >= 11 is 0. The van der Waals surface area contributed by atoms with E-state index in [1.54, 1.807) is 0 Å². The molecule has 0 aromatic carbocycles. The molecule has 0 saturated carbocycles. The first kappa shape index (κ1) is 42.4. The fourth-order valence-corrected chi connectivity index (χ4v) is 6.18. The summed E-state index contributed by atoms with van der Waals surface area (Å²) in [6.07, 6.45) is 57.7. The Morgan fingerprint density at radius 3 is 0.721 bits per heavy atom. The Hall–Kier alpha value is -0.560. The van der Waals surface area contributed by atoms with Crippen molar-refractivity contribution in [2.75, 3.05) is 13.1 Å². The summed E-state index contributed by atoms with van der Waals surface area (Å²) in [5.41, 5.74) is 0. The van der Waals surface area contributed by atoms with Gasteiger partial charge in [0, 0.05) is 0 Å². The summed E-state index contributed by atoms with van der Waals surface area (Å²) in [6.45, 7) is 7.07. The third kappa shape index (κ3) is 41.4. The maximum absolute atomic E-state index is 3.69. The Balaban J connectivity index is 3.09. The average Bonchev–Trinajstić information content (AvgIpc) is 3.02. The number of hydrogen-bond donors (Lipinski definition) is 1. The molecule has 0 saturated heterocycles. The maximum Gasteiger partial charge on any atom is -0.00489 e. The lowest BCUT2D eigenvalue weighted by molar-refractivity contribution is 0.526. The minimum absolute atomic E-state index is 1.24. The highest BCUT2D eigenvalue weighted by molar-refractivity contribution is 4.82. The molecule has 0 fully saturated rings. The molecule has 0 aliphatic heterocycles. The fraction of sp³-hybridized carbons (Fsp3) is 0.905. The van der Waals surface area contributed by atoms with E-state index in [0.29, 0.717) is 0 Å². The normalized spacial score (nSPS) is 12.0. The van der Waals surface area contributed by atoms with Crippen molar-refractivity contribution in [2.45, 2.75) is 232 Å². The van der Waals surface area contributed by atoms with Crippen LogP contribution in [-0.4, -0.2) is 13.1 Å². The molecule has 0 heterocycles. The minimum atomic E-state index is 1.24. The van der Waals surface area contributed by atoms with E-state index in [4.69, 9.17) is 0 Å². The van der Waals surface area contributed by atoms with Gasteiger partial charge in [-0.05, 0) is 77.3 Å². The van der Waals surface area contributed by atoms with Gasteiger partial charge in [0.05, 0.1) is 0 Å². The van der Waals surface area contributed by atoms with Crippen molar-refractivity contribution in [1.82, 2.24) is 5.32 Å². The van der Waals surface area contributed by atoms with Crippen LogP contribution < -0.4 is 5.32 Å². The van der Waals surface area contributed by atoms with E-state index in [0.717, 1.165) is 0 Å². The molecule has 0 unspecified atom stereocenters. The van der Waals surface area contributed by atoms with E-state index in [-0.39, 0.29) is 0 Å². The Kier molecular flexibility index (Phi) is 40.9. The Morgan fingerprint density at radius 2 is 0.465 bits per heavy atom. The van der Waals surface area contributed by atoms with Crippen LogP contribution in [0.2, 0.25) is 0 Å². The van der Waals surface area contributed by atoms with E-state index in [2.05, 4.69) is 43.5 Å². The van der Waals surface area contributed by atoms with Crippen LogP contribution in [-0.2, 0) is 0 Å². The van der Waals surface area contributed by atoms with E-state index in [9.17, 15) is 0 Å². The molecule has 0 radical (unpaired) electrons. The summed E-state index contributed by atoms with van der Waals surface area (Å²) < 4.78 is 0. The molecule has 0 aromatic heterocycles. The van der Waals surface area contributed by atoms with Crippen molar-refractivity contribution in [1.29, 1.82) is 0 Å². The quantitative estimate of drug-likeness (QED) is 0.0548. The molecular formula is C42H83N. The standard InChI is InChI=1S/C42H83N/c1-3-5-7-9-11-13-15-17-19-21-23-25-27-29-31-33-35-37-39-41-43-42-40-38-36-34-32-30-28-26-24-22-20-18-16-14-12-10-8-6-4-2/h17-20,43H,3-16,21-42H2,1-2H3/b19-17-,20-18-. The number of allylic oxidation sites excluding steroid dienone is 4. The Labute approximate surface area is 274 Å². The van der Waals surface area contributed by atoms with Crippen LogP contribution in [0.1, 0.15) is 232 Å². The maximum atomic E-state index is 3.69. The van der Waals surface area contributed by atoms with E-state index in [1.165, 1.54) is 231 Å². The third-order valence-corrected chi connectivity index (χ3v) is 9.23. The third-order valence-electron chi connectivity index (χ3n) is 9.23. The summed E-state index contributed by atoms with van der Waals surface area (Å²) in [5.74, 6) is 0. The molecule has 0 atom stereocenters. The van der Waals surface area contributed by atoms with Gasteiger partial charge in [0.2, 0.25) is 0 Å². The Morgan fingerprint density at radius 1 is 0.256 bits per heavy atom. The lowest BCUT2D eigenvalue weighted by atomic mass is 10.1. The molecule has 0 bridgehead atoms. The van der Waals surface area contributed by atoms with Gasteiger partial charge in [-0.15, -0.1) is 0 Å². The number of unbranched alkanes of at least 4 members (excludes halogenated alkanes) is 30. The van der Waals surface area contributed by atoms with Gasteiger partial charge in [-0.25, -0.2) is 0 Å². The molecule has 0 amide bonds. The van der Waals surface area contributed by atoms with Crippen molar-refractivity contribution >= 4 is 0 Å². The average molecular weight is 602 g/mol. The van der Waals surface area contributed by atoms with Crippen molar-refractivity contribution in [2.24, 2.45) is 0 Å². The van der Waals surface area contributed by atoms with Gasteiger partial charge in [-0.3, -0.25) is 0 Å². The molecule has 43 heavy (non-hydrogen) atoms. The van der Waals surface area contributed by atoms with Gasteiger partial charge in [0.15, 0.2) is 0 Å². The molecule has 0 aliphatic rings. The highest BCUT2D eigenvalue weighted by Gasteiger charge is 1.96. The lowest BCUT2D eigenvalue weighted by Crippen LogP contribution is -2.16. The predicted molar refractivity (Wildman–Crippen MR) is 199 cm³/mol. The lowest BCUT2D eigenvalue weighted by Gasteiger charge is -2.05. The van der Waals surface area contributed by atoms with Crippen molar-refractivity contribution in [3.8, 4) is 0 Å². The molecule has 1 nitrogen and oxygen atoms in total. The number of hydrogen-bond acceptors (Lipinski definition) is 1. The molecule has 1 heteroatoms. The van der Waals surface area contributed by atoms with E-state index >= 15 is 0 Å². The number of rotatable bonds is 38. The molecule has 1 N–H and O–H groups in total. The first-order chi connectivity index (χ1) is 21.4. The summed E-state index contributed by atoms with van der Waals surface area (Å²) in [7, 11) is 0. The van der Waals surface area contributed by atoms with Crippen molar-refractivity contribution in [3.05, 3.63) is 24.3 Å². The van der Waals surface area contributed by atoms with Crippen LogP contribution in [0.3, 0.4) is 0 Å². The van der Waals surface area contributed by atoms with Crippen LogP contribution in [0.4, 0.5) is 0 Å². The largest absolute Gasteiger partial charge is 0.317 e. The molecular weight excluding hydrogens is 518 g/mol. The summed E-state index contributed by atoms with van der Waals surface area (Å²) in [4.78, 5) is 0. The molecule has 0 rings (SSSR count). The zero-order chi connectivity index (χ0) is 31.0. The van der Waals surface area contributed by atoms with Gasteiger partial charge in [-0.2, -0.15) is 0 Å². The van der Waals surface area contributed by atoms with Crippen LogP contribution in [0.15, 0.2) is 24.3 Å². The second-order valence-corrected chi connectivity index (χ2v) is 13.7. The van der Waals surface area contributed by atoms with Gasteiger partial charge >= 0.3 is 0 Å². The van der Waals surface area contributed by atoms with Gasteiger partial charge in [-0.1, -0.05) is 192 Å². The van der Waals surface area contributed by atoms with Crippen LogP contribution >= 0.6 is 0 Å². The van der Waals surface area contributed by atoms with Gasteiger partial charge in [0.25, 0.3) is 0 Å². The highest BCUT2D eigenvalue weighted by atomic mass is 14.8. The second-order valence-electron chi connectivity index (χ2n) is 13.7. The second kappa shape index (κ2) is 41.4. The zero-order valence-corrected chi connectivity index (χ0v) is 30.3. The summed E-state index contributed by atoms with van der Waals surface area (Å²) in [5, 5.41) is 3.69. The van der Waals surface area contributed by atoms with Crippen LogP contribution in [0.25, 0.3) is 0 Å². The molecule has 0 spiro atoms. The molecule has 256 valence electrons. The monoisotopic (exact) mass is 602 g/mol. The topological polar surface area (TPSA) is 12.0 Å². The molecule has 0 aromatic rings. The van der Waals surface area contributed by atoms with Gasteiger partial charge < -0.3 is 5.32 Å². The first-order valence-corrected chi connectivity index (χ1v) is 20.4. The Bertz CT molecular complexity index is 475. The van der Waals surface area contributed by atoms with Gasteiger partial charge in [0.1, 0.15) is 0 Å². The van der Waals surface area contributed by atoms with Crippen molar-refractivity contribution in [3.63, 3.8) is 0 Å². The zero-order valence-electron chi connectivity index (χ0n) is 30.3. The van der Waals surface area contributed by atoms with Crippen LogP contribution in [0.5, 0.6) is 0 Å². The molecule has 0 aliphatic carbocycles. The van der Waals surface area contributed by atoms with E-state index in [1.807, 2.05) is 0 Å². The summed E-state index contributed by atoms with van der Waals surface area (Å²) in [6, 6.07) is 0. The smallest absolute Gasteiger partial charge is 0.00489 e. The highest BCUT2D eigenvalue weighted by Crippen LogP contribution is 2.13. The first-order valence-electron chi connectivity index (χ1n) is 20.4. The van der Waals surface area contributed by atoms with E-state index < -0.39 is 0 Å². The number of nitrogens with one attached hydrogen (secondary N) is 1. The minimum Gasteiger partial charge on any atom is -0.317 e. The van der Waals surface area contributed by atoms with Crippen LogP contribution in [0, 0.1) is 0 Å². The predicted octanol–water partition coefficient (Wildman–Crippen LogP) is 15.0. The fourth-order valence-electron chi connectivity index (χ4n) is 6.18.